The van der Waals surface area contributed by atoms with E-state index in [1.54, 1.807) is 0 Å². The smallest absolute Gasteiger partial charge is 0.293 e. The van der Waals surface area contributed by atoms with E-state index < -0.39 is 0 Å². The lowest BCUT2D eigenvalue weighted by atomic mass is 9.83. The Bertz CT molecular complexity index is 300. The van der Waals surface area contributed by atoms with Gasteiger partial charge in [-0.3, -0.25) is 4.79 Å². The highest BCUT2D eigenvalue weighted by molar-refractivity contribution is 5.37. The summed E-state index contributed by atoms with van der Waals surface area (Å²) in [6.45, 7) is 0.577. The fourth-order valence-electron chi connectivity index (χ4n) is 2.34. The van der Waals surface area contributed by atoms with Crippen LogP contribution in [0.15, 0.2) is 30.3 Å². The zero-order valence-electron chi connectivity index (χ0n) is 8.76. The normalized spacial score (nSPS) is 25.9. The van der Waals surface area contributed by atoms with Gasteiger partial charge >= 0.3 is 0 Å². The van der Waals surface area contributed by atoms with Gasteiger partial charge in [0, 0.05) is 0 Å². The molecule has 1 aliphatic rings. The Morgan fingerprint density at radius 1 is 1.07 bits per heavy atom. The van der Waals surface area contributed by atoms with E-state index in [9.17, 15) is 4.79 Å². The third-order valence-corrected chi connectivity index (χ3v) is 3.19. The van der Waals surface area contributed by atoms with Gasteiger partial charge in [0.1, 0.15) is 6.10 Å². The van der Waals surface area contributed by atoms with Crippen molar-refractivity contribution in [1.82, 2.24) is 0 Å². The molecule has 0 bridgehead atoms. The van der Waals surface area contributed by atoms with Gasteiger partial charge in [-0.25, -0.2) is 0 Å². The highest BCUT2D eigenvalue weighted by atomic mass is 16.5. The number of carbonyl (C=O) groups is 1. The molecule has 1 fully saturated rings. The number of rotatable bonds is 3. The Labute approximate surface area is 90.3 Å². The summed E-state index contributed by atoms with van der Waals surface area (Å²) in [4.78, 5) is 10.2. The molecule has 2 rings (SSSR count). The molecule has 1 aromatic rings. The van der Waals surface area contributed by atoms with Crippen molar-refractivity contribution in [2.24, 2.45) is 0 Å². The van der Waals surface area contributed by atoms with Gasteiger partial charge in [-0.15, -0.1) is 0 Å². The first-order valence-electron chi connectivity index (χ1n) is 5.54. The maximum absolute atomic E-state index is 10.2. The first-order chi connectivity index (χ1) is 7.40. The van der Waals surface area contributed by atoms with Crippen LogP contribution >= 0.6 is 0 Å². The van der Waals surface area contributed by atoms with Crippen LogP contribution in [0.3, 0.4) is 0 Å². The van der Waals surface area contributed by atoms with Gasteiger partial charge in [0.25, 0.3) is 6.47 Å². The monoisotopic (exact) mass is 204 g/mol. The average Bonchev–Trinajstić information content (AvgIpc) is 2.32. The van der Waals surface area contributed by atoms with E-state index in [-0.39, 0.29) is 6.10 Å². The van der Waals surface area contributed by atoms with Crippen molar-refractivity contribution in [3.8, 4) is 0 Å². The summed E-state index contributed by atoms with van der Waals surface area (Å²) in [6.07, 6.45) is 4.41. The quantitative estimate of drug-likeness (QED) is 0.708. The van der Waals surface area contributed by atoms with Gasteiger partial charge in [-0.05, 0) is 37.2 Å². The Morgan fingerprint density at radius 2 is 1.73 bits per heavy atom. The molecule has 80 valence electrons. The molecule has 0 radical (unpaired) electrons. The number of carbonyl (C=O) groups excluding carboxylic acids is 1. The van der Waals surface area contributed by atoms with Gasteiger partial charge in [-0.2, -0.15) is 0 Å². The van der Waals surface area contributed by atoms with Gasteiger partial charge in [0.15, 0.2) is 0 Å². The van der Waals surface area contributed by atoms with Gasteiger partial charge in [0.05, 0.1) is 0 Å². The predicted octanol–water partition coefficient (Wildman–Crippen LogP) is 2.89. The van der Waals surface area contributed by atoms with E-state index in [0.717, 1.165) is 25.7 Å². The summed E-state index contributed by atoms with van der Waals surface area (Å²) < 4.78 is 4.99. The van der Waals surface area contributed by atoms with Crippen molar-refractivity contribution in [3.63, 3.8) is 0 Å². The van der Waals surface area contributed by atoms with Crippen molar-refractivity contribution in [2.45, 2.75) is 37.7 Å². The van der Waals surface area contributed by atoms with Gasteiger partial charge in [0.2, 0.25) is 0 Å². The summed E-state index contributed by atoms with van der Waals surface area (Å²) in [6, 6.07) is 10.6. The summed E-state index contributed by atoms with van der Waals surface area (Å²) in [5, 5.41) is 0. The van der Waals surface area contributed by atoms with Crippen LogP contribution in [0.2, 0.25) is 0 Å². The lowest BCUT2D eigenvalue weighted by Crippen LogP contribution is -2.20. The highest BCUT2D eigenvalue weighted by Crippen LogP contribution is 2.33. The maximum atomic E-state index is 10.2. The molecule has 0 amide bonds. The average molecular weight is 204 g/mol. The van der Waals surface area contributed by atoms with E-state index in [1.807, 2.05) is 6.07 Å². The molecule has 1 saturated carbocycles. The minimum atomic E-state index is 0.155. The Kier molecular flexibility index (Phi) is 3.38. The largest absolute Gasteiger partial charge is 0.465 e. The third-order valence-electron chi connectivity index (χ3n) is 3.19. The number of ether oxygens (including phenoxy) is 1. The van der Waals surface area contributed by atoms with Crippen LogP contribution in [0.4, 0.5) is 0 Å². The van der Waals surface area contributed by atoms with Crippen LogP contribution < -0.4 is 0 Å². The Balaban J connectivity index is 1.91. The van der Waals surface area contributed by atoms with E-state index in [0.29, 0.717) is 12.4 Å². The second-order valence-electron chi connectivity index (χ2n) is 4.12. The van der Waals surface area contributed by atoms with Crippen LogP contribution in [0.5, 0.6) is 0 Å². The summed E-state index contributed by atoms with van der Waals surface area (Å²) >= 11 is 0. The number of hydrogen-bond acceptors (Lipinski definition) is 2. The van der Waals surface area contributed by atoms with E-state index >= 15 is 0 Å². The number of hydrogen-bond donors (Lipinski definition) is 0. The molecule has 0 atom stereocenters. The van der Waals surface area contributed by atoms with E-state index in [1.165, 1.54) is 5.56 Å². The molecular weight excluding hydrogens is 188 g/mol. The van der Waals surface area contributed by atoms with Crippen LogP contribution in [0.1, 0.15) is 37.2 Å². The van der Waals surface area contributed by atoms with Crippen molar-refractivity contribution < 1.29 is 9.53 Å². The summed E-state index contributed by atoms with van der Waals surface area (Å²) in [5.41, 5.74) is 1.42. The fourth-order valence-corrected chi connectivity index (χ4v) is 2.34. The standard InChI is InChI=1S/C13H16O2/c14-10-15-13-8-6-12(7-9-13)11-4-2-1-3-5-11/h1-5,10,12-13H,6-9H2. The molecule has 0 N–H and O–H groups in total. The molecule has 0 aromatic heterocycles. The first kappa shape index (κ1) is 10.2. The van der Waals surface area contributed by atoms with Crippen molar-refractivity contribution in [3.05, 3.63) is 35.9 Å². The van der Waals surface area contributed by atoms with Crippen molar-refractivity contribution >= 4 is 6.47 Å². The SMILES string of the molecule is O=COC1CCC(c2ccccc2)CC1. The molecular formula is C13H16O2. The molecule has 0 unspecified atom stereocenters. The van der Waals surface area contributed by atoms with Crippen LogP contribution in [0.25, 0.3) is 0 Å². The second-order valence-corrected chi connectivity index (χ2v) is 4.12. The van der Waals surface area contributed by atoms with Crippen LogP contribution in [-0.2, 0) is 9.53 Å². The van der Waals surface area contributed by atoms with Crippen molar-refractivity contribution in [1.29, 1.82) is 0 Å². The third kappa shape index (κ3) is 2.58. The Hall–Kier alpha value is -1.31. The molecule has 2 heteroatoms. The molecule has 1 aliphatic carbocycles. The lowest BCUT2D eigenvalue weighted by molar-refractivity contribution is -0.135. The van der Waals surface area contributed by atoms with Gasteiger partial charge in [-0.1, -0.05) is 30.3 Å². The molecule has 0 heterocycles. The first-order valence-corrected chi connectivity index (χ1v) is 5.54. The number of benzene rings is 1. The fraction of sp³-hybridized carbons (Fsp3) is 0.462. The highest BCUT2D eigenvalue weighted by Gasteiger charge is 2.22. The predicted molar refractivity (Wildman–Crippen MR) is 58.6 cm³/mol. The Morgan fingerprint density at radius 3 is 2.33 bits per heavy atom. The van der Waals surface area contributed by atoms with Crippen molar-refractivity contribution in [2.75, 3.05) is 0 Å². The molecule has 0 spiro atoms. The lowest BCUT2D eigenvalue weighted by Gasteiger charge is -2.27. The molecule has 0 saturated heterocycles. The molecule has 15 heavy (non-hydrogen) atoms. The zero-order valence-corrected chi connectivity index (χ0v) is 8.76. The topological polar surface area (TPSA) is 26.3 Å². The molecule has 0 aliphatic heterocycles. The maximum Gasteiger partial charge on any atom is 0.293 e. The summed E-state index contributed by atoms with van der Waals surface area (Å²) in [7, 11) is 0. The molecule has 2 nitrogen and oxygen atoms in total. The minimum absolute atomic E-state index is 0.155. The van der Waals surface area contributed by atoms with E-state index in [2.05, 4.69) is 24.3 Å². The van der Waals surface area contributed by atoms with Gasteiger partial charge < -0.3 is 4.74 Å². The van der Waals surface area contributed by atoms with Crippen LogP contribution in [-0.4, -0.2) is 12.6 Å². The van der Waals surface area contributed by atoms with Crippen LogP contribution in [0, 0.1) is 0 Å². The second kappa shape index (κ2) is 4.96. The molecule has 1 aromatic carbocycles. The minimum Gasteiger partial charge on any atom is -0.465 e. The zero-order chi connectivity index (χ0) is 10.5. The summed E-state index contributed by atoms with van der Waals surface area (Å²) in [5.74, 6) is 0.651. The van der Waals surface area contributed by atoms with E-state index in [4.69, 9.17) is 4.74 Å².